The van der Waals surface area contributed by atoms with Gasteiger partial charge in [0, 0.05) is 5.56 Å². The highest BCUT2D eigenvalue weighted by Crippen LogP contribution is 2.18. The summed E-state index contributed by atoms with van der Waals surface area (Å²) in [6.07, 6.45) is 0.260. The maximum atomic E-state index is 12.6. The van der Waals surface area contributed by atoms with Crippen LogP contribution in [0, 0.1) is 0 Å². The molecule has 0 saturated carbocycles. The average molecular weight is 379 g/mol. The zero-order chi connectivity index (χ0) is 20.1. The molecule has 0 spiro atoms. The lowest BCUT2D eigenvalue weighted by Crippen LogP contribution is -2.30. The van der Waals surface area contributed by atoms with Crippen LogP contribution in [0.2, 0.25) is 0 Å². The third kappa shape index (κ3) is 4.09. The van der Waals surface area contributed by atoms with Crippen molar-refractivity contribution in [2.45, 2.75) is 20.0 Å². The van der Waals surface area contributed by atoms with E-state index in [0.29, 0.717) is 16.9 Å². The molecule has 2 aromatic carbocycles. The van der Waals surface area contributed by atoms with Gasteiger partial charge in [0.25, 0.3) is 5.91 Å². The molecule has 0 radical (unpaired) electrons. The Bertz CT molecular complexity index is 1020. The van der Waals surface area contributed by atoms with Gasteiger partial charge in [-0.15, -0.1) is 5.10 Å². The predicted molar refractivity (Wildman–Crippen MR) is 99.1 cm³/mol. The molecule has 0 bridgehead atoms. The van der Waals surface area contributed by atoms with Gasteiger partial charge in [-0.25, -0.2) is 4.79 Å². The van der Waals surface area contributed by atoms with E-state index in [-0.39, 0.29) is 11.3 Å². The maximum Gasteiger partial charge on any atom is 0.341 e. The van der Waals surface area contributed by atoms with E-state index in [1.807, 2.05) is 0 Å². The first kappa shape index (κ1) is 18.9. The molecule has 142 valence electrons. The number of nitrogens with zero attached hydrogens (tertiary/aromatic N) is 4. The molecule has 0 fully saturated rings. The number of hydrogen-bond donors (Lipinski definition) is 1. The summed E-state index contributed by atoms with van der Waals surface area (Å²) in [5.74, 6) is -1.44. The van der Waals surface area contributed by atoms with Crippen molar-refractivity contribution >= 4 is 23.3 Å². The summed E-state index contributed by atoms with van der Waals surface area (Å²) >= 11 is 0. The number of carbonyl (C=O) groups is 3. The molecule has 1 heterocycles. The minimum atomic E-state index is -1.09. The maximum absolute atomic E-state index is 12.6. The third-order valence-electron chi connectivity index (χ3n) is 3.94. The van der Waals surface area contributed by atoms with Crippen LogP contribution in [0.4, 0.5) is 5.69 Å². The molecule has 1 atom stereocenters. The minimum absolute atomic E-state index is 0.184. The van der Waals surface area contributed by atoms with Crippen molar-refractivity contribution in [2.24, 2.45) is 0 Å². The van der Waals surface area contributed by atoms with Gasteiger partial charge in [0.05, 0.1) is 16.9 Å². The molecule has 0 aliphatic carbocycles. The number of carbonyl (C=O) groups excluding carboxylic acids is 3. The Labute approximate surface area is 160 Å². The molecule has 9 heteroatoms. The highest BCUT2D eigenvalue weighted by molar-refractivity contribution is 6.05. The summed E-state index contributed by atoms with van der Waals surface area (Å²) in [4.78, 5) is 36.7. The number of para-hydroxylation sites is 2. The molecule has 1 amide bonds. The number of ketones is 1. The van der Waals surface area contributed by atoms with Gasteiger partial charge in [-0.05, 0) is 48.5 Å². The van der Waals surface area contributed by atoms with E-state index in [2.05, 4.69) is 20.8 Å². The number of amides is 1. The molecule has 3 aromatic rings. The largest absolute Gasteiger partial charge is 0.449 e. The van der Waals surface area contributed by atoms with E-state index in [9.17, 15) is 14.4 Å². The van der Waals surface area contributed by atoms with E-state index in [4.69, 9.17) is 4.74 Å². The van der Waals surface area contributed by atoms with Crippen LogP contribution in [0.15, 0.2) is 54.9 Å². The second kappa shape index (κ2) is 8.21. The molecular weight excluding hydrogens is 362 g/mol. The highest BCUT2D eigenvalue weighted by Gasteiger charge is 2.22. The average Bonchev–Trinajstić information content (AvgIpc) is 3.22. The summed E-state index contributed by atoms with van der Waals surface area (Å²) < 4.78 is 6.62. The fraction of sp³-hybridized carbons (Fsp3) is 0.158. The molecule has 9 nitrogen and oxygen atoms in total. The zero-order valence-electron chi connectivity index (χ0n) is 15.2. The van der Waals surface area contributed by atoms with Crippen molar-refractivity contribution in [3.8, 4) is 5.69 Å². The van der Waals surface area contributed by atoms with Crippen LogP contribution in [0.5, 0.6) is 0 Å². The van der Waals surface area contributed by atoms with E-state index in [0.717, 1.165) is 0 Å². The third-order valence-corrected chi connectivity index (χ3v) is 3.94. The van der Waals surface area contributed by atoms with E-state index in [1.54, 1.807) is 48.5 Å². The van der Waals surface area contributed by atoms with Crippen molar-refractivity contribution < 1.29 is 19.1 Å². The molecule has 3 rings (SSSR count). The highest BCUT2D eigenvalue weighted by atomic mass is 16.5. The van der Waals surface area contributed by atoms with E-state index < -0.39 is 18.0 Å². The number of benzene rings is 2. The standard InChI is InChI=1S/C19H17N5O4/c1-12(25)14-7-3-5-9-16(14)21-18(26)13(2)28-19(27)15-8-4-6-10-17(15)24-11-20-22-23-24/h3-11,13H,1-2H3,(H,21,26). The Morgan fingerprint density at radius 1 is 1.04 bits per heavy atom. The van der Waals surface area contributed by atoms with Gasteiger partial charge in [0.1, 0.15) is 6.33 Å². The van der Waals surface area contributed by atoms with Crippen molar-refractivity contribution in [3.63, 3.8) is 0 Å². The summed E-state index contributed by atoms with van der Waals surface area (Å²) in [6.45, 7) is 2.85. The fourth-order valence-electron chi connectivity index (χ4n) is 2.53. The number of nitrogens with one attached hydrogen (secondary N) is 1. The van der Waals surface area contributed by atoms with Crippen LogP contribution < -0.4 is 5.32 Å². The molecule has 1 N–H and O–H groups in total. The molecule has 1 unspecified atom stereocenters. The predicted octanol–water partition coefficient (Wildman–Crippen LogP) is 2.05. The number of esters is 1. The number of aromatic nitrogens is 4. The van der Waals surface area contributed by atoms with Gasteiger partial charge in [0.2, 0.25) is 0 Å². The van der Waals surface area contributed by atoms with Crippen LogP contribution in [0.3, 0.4) is 0 Å². The zero-order valence-corrected chi connectivity index (χ0v) is 15.2. The van der Waals surface area contributed by atoms with Crippen molar-refractivity contribution in [1.82, 2.24) is 20.2 Å². The smallest absolute Gasteiger partial charge is 0.341 e. The second-order valence-corrected chi connectivity index (χ2v) is 5.91. The van der Waals surface area contributed by atoms with Crippen molar-refractivity contribution in [1.29, 1.82) is 0 Å². The fourth-order valence-corrected chi connectivity index (χ4v) is 2.53. The molecule has 0 saturated heterocycles. The Balaban J connectivity index is 1.74. The van der Waals surface area contributed by atoms with Gasteiger partial charge in [-0.2, -0.15) is 4.68 Å². The van der Waals surface area contributed by atoms with Crippen LogP contribution in [0.25, 0.3) is 5.69 Å². The Morgan fingerprint density at radius 3 is 2.39 bits per heavy atom. The summed E-state index contributed by atoms with van der Waals surface area (Å²) in [5, 5.41) is 13.5. The van der Waals surface area contributed by atoms with Gasteiger partial charge in [-0.3, -0.25) is 9.59 Å². The Hall–Kier alpha value is -3.88. The topological polar surface area (TPSA) is 116 Å². The van der Waals surface area contributed by atoms with Gasteiger partial charge in [-0.1, -0.05) is 24.3 Å². The number of rotatable bonds is 6. The lowest BCUT2D eigenvalue weighted by atomic mass is 10.1. The van der Waals surface area contributed by atoms with Crippen molar-refractivity contribution in [3.05, 3.63) is 66.0 Å². The number of Topliss-reactive ketones (excluding diaryl/α,β-unsaturated/α-hetero) is 1. The molecule has 28 heavy (non-hydrogen) atoms. The SMILES string of the molecule is CC(=O)c1ccccc1NC(=O)C(C)OC(=O)c1ccccc1-n1cnnn1. The lowest BCUT2D eigenvalue weighted by Gasteiger charge is -2.16. The second-order valence-electron chi connectivity index (χ2n) is 5.91. The van der Waals surface area contributed by atoms with E-state index in [1.165, 1.54) is 24.9 Å². The number of tetrazole rings is 1. The van der Waals surface area contributed by atoms with Crippen LogP contribution in [-0.4, -0.2) is 44.0 Å². The number of ether oxygens (including phenoxy) is 1. The quantitative estimate of drug-likeness (QED) is 0.515. The van der Waals surface area contributed by atoms with Crippen LogP contribution >= 0.6 is 0 Å². The first-order valence-electron chi connectivity index (χ1n) is 8.41. The van der Waals surface area contributed by atoms with Crippen LogP contribution in [-0.2, 0) is 9.53 Å². The molecular formula is C19H17N5O4. The summed E-state index contributed by atoms with van der Waals surface area (Å²) in [6, 6.07) is 13.2. The van der Waals surface area contributed by atoms with Crippen molar-refractivity contribution in [2.75, 3.05) is 5.32 Å². The summed E-state index contributed by atoms with van der Waals surface area (Å²) in [5.41, 5.74) is 1.36. The molecule has 1 aromatic heterocycles. The minimum Gasteiger partial charge on any atom is -0.449 e. The molecule has 0 aliphatic rings. The monoisotopic (exact) mass is 379 g/mol. The first-order chi connectivity index (χ1) is 13.5. The normalized spacial score (nSPS) is 11.5. The lowest BCUT2D eigenvalue weighted by molar-refractivity contribution is -0.123. The van der Waals surface area contributed by atoms with Crippen LogP contribution in [0.1, 0.15) is 34.6 Å². The summed E-state index contributed by atoms with van der Waals surface area (Å²) in [7, 11) is 0. The first-order valence-corrected chi connectivity index (χ1v) is 8.41. The Morgan fingerprint density at radius 2 is 1.71 bits per heavy atom. The van der Waals surface area contributed by atoms with Gasteiger partial charge >= 0.3 is 5.97 Å². The van der Waals surface area contributed by atoms with Gasteiger partial charge in [0.15, 0.2) is 11.9 Å². The number of hydrogen-bond acceptors (Lipinski definition) is 7. The van der Waals surface area contributed by atoms with Gasteiger partial charge < -0.3 is 10.1 Å². The number of anilines is 1. The Kier molecular flexibility index (Phi) is 5.54. The van der Waals surface area contributed by atoms with E-state index >= 15 is 0 Å². The molecule has 0 aliphatic heterocycles.